The quantitative estimate of drug-likeness (QED) is 0.846. The van der Waals surface area contributed by atoms with E-state index in [9.17, 15) is 4.79 Å². The van der Waals surface area contributed by atoms with Crippen molar-refractivity contribution < 1.29 is 18.7 Å². The second-order valence-corrected chi connectivity index (χ2v) is 5.97. The van der Waals surface area contributed by atoms with Gasteiger partial charge in [0.25, 0.3) is 0 Å². The molecule has 1 saturated heterocycles. The first-order valence-corrected chi connectivity index (χ1v) is 8.24. The molecule has 1 aliphatic rings. The summed E-state index contributed by atoms with van der Waals surface area (Å²) in [4.78, 5) is 14.6. The monoisotopic (exact) mass is 329 g/mol. The Hall–Kier alpha value is -2.27. The van der Waals surface area contributed by atoms with E-state index in [1.807, 2.05) is 48.2 Å². The molecule has 3 rings (SSSR count). The van der Waals surface area contributed by atoms with E-state index in [1.54, 1.807) is 7.11 Å². The number of nitrogens with zero attached hydrogens (tertiary/aromatic N) is 1. The normalized spacial score (nSPS) is 17.8. The number of carbonyl (C=O) groups excluding carboxylic acids is 1. The maximum absolute atomic E-state index is 12.7. The molecule has 1 amide bonds. The number of furan rings is 1. The number of morpholine rings is 1. The van der Waals surface area contributed by atoms with E-state index >= 15 is 0 Å². The van der Waals surface area contributed by atoms with Gasteiger partial charge in [-0.3, -0.25) is 4.79 Å². The molecule has 0 unspecified atom stereocenters. The molecule has 0 saturated carbocycles. The van der Waals surface area contributed by atoms with Crippen LogP contribution >= 0.6 is 0 Å². The summed E-state index contributed by atoms with van der Waals surface area (Å²) in [6, 6.07) is 11.6. The fourth-order valence-electron chi connectivity index (χ4n) is 2.96. The predicted molar refractivity (Wildman–Crippen MR) is 90.0 cm³/mol. The van der Waals surface area contributed by atoms with Crippen molar-refractivity contribution >= 4 is 5.91 Å². The molecule has 2 heterocycles. The smallest absolute Gasteiger partial charge is 0.223 e. The first-order valence-electron chi connectivity index (χ1n) is 8.24. The fraction of sp³-hybridized carbons (Fsp3) is 0.421. The van der Waals surface area contributed by atoms with Gasteiger partial charge in [-0.05, 0) is 43.2 Å². The minimum absolute atomic E-state index is 0.129. The van der Waals surface area contributed by atoms with Gasteiger partial charge in [0.2, 0.25) is 5.91 Å². The highest BCUT2D eigenvalue weighted by Crippen LogP contribution is 2.26. The van der Waals surface area contributed by atoms with E-state index in [-0.39, 0.29) is 11.9 Å². The van der Waals surface area contributed by atoms with E-state index in [0.29, 0.717) is 32.6 Å². The van der Waals surface area contributed by atoms with E-state index in [1.165, 1.54) is 0 Å². The van der Waals surface area contributed by atoms with Crippen LogP contribution in [0.4, 0.5) is 0 Å². The largest absolute Gasteiger partial charge is 0.497 e. The van der Waals surface area contributed by atoms with Crippen molar-refractivity contribution in [2.45, 2.75) is 25.8 Å². The fourth-order valence-corrected chi connectivity index (χ4v) is 2.96. The van der Waals surface area contributed by atoms with Gasteiger partial charge < -0.3 is 18.8 Å². The molecule has 0 aliphatic carbocycles. The van der Waals surface area contributed by atoms with Crippen molar-refractivity contribution in [3.8, 4) is 5.75 Å². The van der Waals surface area contributed by atoms with Gasteiger partial charge in [0.05, 0.1) is 20.3 Å². The molecule has 0 spiro atoms. The Morgan fingerprint density at radius 1 is 1.25 bits per heavy atom. The third kappa shape index (κ3) is 3.79. The highest BCUT2D eigenvalue weighted by molar-refractivity contribution is 5.77. The van der Waals surface area contributed by atoms with Gasteiger partial charge in [-0.1, -0.05) is 12.1 Å². The summed E-state index contributed by atoms with van der Waals surface area (Å²) in [7, 11) is 1.65. The predicted octanol–water partition coefficient (Wildman–Crippen LogP) is 3.13. The standard InChI is InChI=1S/C19H23NO4/c1-14-3-9-18(24-14)17-13-23-12-11-20(17)19(21)10-6-15-4-7-16(22-2)8-5-15/h3-5,7-9,17H,6,10-13H2,1-2H3/t17-/m1/s1. The highest BCUT2D eigenvalue weighted by atomic mass is 16.5. The molecule has 0 bridgehead atoms. The van der Waals surface area contributed by atoms with Crippen molar-refractivity contribution in [1.82, 2.24) is 4.90 Å². The maximum Gasteiger partial charge on any atom is 0.223 e. The molecular formula is C19H23NO4. The second kappa shape index (κ2) is 7.53. The highest BCUT2D eigenvalue weighted by Gasteiger charge is 2.30. The van der Waals surface area contributed by atoms with E-state index in [4.69, 9.17) is 13.9 Å². The second-order valence-electron chi connectivity index (χ2n) is 5.97. The van der Waals surface area contributed by atoms with Crippen LogP contribution in [0.5, 0.6) is 5.75 Å². The number of aryl methyl sites for hydroxylation is 2. The number of methoxy groups -OCH3 is 1. The van der Waals surface area contributed by atoms with Crippen molar-refractivity contribution in [2.75, 3.05) is 26.9 Å². The van der Waals surface area contributed by atoms with Gasteiger partial charge in [-0.25, -0.2) is 0 Å². The molecule has 2 aromatic rings. The summed E-state index contributed by atoms with van der Waals surface area (Å²) >= 11 is 0. The topological polar surface area (TPSA) is 51.9 Å². The van der Waals surface area contributed by atoms with Crippen LogP contribution in [0.3, 0.4) is 0 Å². The molecule has 1 aliphatic heterocycles. The Bertz CT molecular complexity index is 677. The van der Waals surface area contributed by atoms with Gasteiger partial charge in [-0.15, -0.1) is 0 Å². The Morgan fingerprint density at radius 3 is 2.71 bits per heavy atom. The summed E-state index contributed by atoms with van der Waals surface area (Å²) in [6.45, 7) is 3.57. The number of amides is 1. The minimum atomic E-state index is -0.129. The van der Waals surface area contributed by atoms with Gasteiger partial charge >= 0.3 is 0 Å². The van der Waals surface area contributed by atoms with Gasteiger partial charge in [-0.2, -0.15) is 0 Å². The third-order valence-corrected chi connectivity index (χ3v) is 4.32. The van der Waals surface area contributed by atoms with Crippen molar-refractivity contribution in [3.05, 3.63) is 53.5 Å². The van der Waals surface area contributed by atoms with Crippen molar-refractivity contribution in [1.29, 1.82) is 0 Å². The summed E-state index contributed by atoms with van der Waals surface area (Å²) in [5.41, 5.74) is 1.13. The molecular weight excluding hydrogens is 306 g/mol. The average Bonchev–Trinajstić information content (AvgIpc) is 3.06. The number of hydrogen-bond acceptors (Lipinski definition) is 4. The Labute approximate surface area is 142 Å². The number of hydrogen-bond donors (Lipinski definition) is 0. The Morgan fingerprint density at radius 2 is 2.04 bits per heavy atom. The van der Waals surface area contributed by atoms with E-state index in [2.05, 4.69) is 0 Å². The molecule has 0 N–H and O–H groups in total. The average molecular weight is 329 g/mol. The van der Waals surface area contributed by atoms with Crippen LogP contribution in [0.15, 0.2) is 40.8 Å². The lowest BCUT2D eigenvalue weighted by Crippen LogP contribution is -2.43. The van der Waals surface area contributed by atoms with Crippen LogP contribution in [0.1, 0.15) is 29.5 Å². The lowest BCUT2D eigenvalue weighted by Gasteiger charge is -2.34. The first kappa shape index (κ1) is 16.6. The van der Waals surface area contributed by atoms with Crippen LogP contribution in [0, 0.1) is 6.92 Å². The summed E-state index contributed by atoms with van der Waals surface area (Å²) < 4.78 is 16.4. The van der Waals surface area contributed by atoms with Crippen molar-refractivity contribution in [2.24, 2.45) is 0 Å². The number of rotatable bonds is 5. The van der Waals surface area contributed by atoms with Crippen LogP contribution in [0.2, 0.25) is 0 Å². The Balaban J connectivity index is 1.63. The molecule has 0 radical (unpaired) electrons. The lowest BCUT2D eigenvalue weighted by molar-refractivity contribution is -0.141. The molecule has 5 heteroatoms. The van der Waals surface area contributed by atoms with Crippen LogP contribution in [-0.2, 0) is 16.0 Å². The van der Waals surface area contributed by atoms with Crippen LogP contribution < -0.4 is 4.74 Å². The third-order valence-electron chi connectivity index (χ3n) is 4.32. The number of ether oxygens (including phenoxy) is 2. The van der Waals surface area contributed by atoms with Gasteiger partial charge in [0.1, 0.15) is 23.3 Å². The van der Waals surface area contributed by atoms with Gasteiger partial charge in [0, 0.05) is 13.0 Å². The van der Waals surface area contributed by atoms with Crippen LogP contribution in [-0.4, -0.2) is 37.7 Å². The SMILES string of the molecule is COc1ccc(CCC(=O)N2CCOC[C@@H]2c2ccc(C)o2)cc1. The van der Waals surface area contributed by atoms with E-state index in [0.717, 1.165) is 22.8 Å². The maximum atomic E-state index is 12.7. The molecule has 1 fully saturated rings. The minimum Gasteiger partial charge on any atom is -0.497 e. The van der Waals surface area contributed by atoms with E-state index < -0.39 is 0 Å². The molecule has 128 valence electrons. The lowest BCUT2D eigenvalue weighted by atomic mass is 10.1. The molecule has 1 aromatic heterocycles. The number of benzene rings is 1. The Kier molecular flexibility index (Phi) is 5.20. The zero-order valence-electron chi connectivity index (χ0n) is 14.2. The zero-order valence-corrected chi connectivity index (χ0v) is 14.2. The summed E-state index contributed by atoms with van der Waals surface area (Å²) in [6.07, 6.45) is 1.19. The number of carbonyl (C=O) groups is 1. The van der Waals surface area contributed by atoms with Crippen LogP contribution in [0.25, 0.3) is 0 Å². The first-order chi connectivity index (χ1) is 11.7. The molecule has 5 nitrogen and oxygen atoms in total. The molecule has 24 heavy (non-hydrogen) atoms. The van der Waals surface area contributed by atoms with Gasteiger partial charge in [0.15, 0.2) is 0 Å². The summed E-state index contributed by atoms with van der Waals surface area (Å²) in [5, 5.41) is 0. The molecule has 1 aromatic carbocycles. The molecule has 1 atom stereocenters. The summed E-state index contributed by atoms with van der Waals surface area (Å²) in [5.74, 6) is 2.60. The van der Waals surface area contributed by atoms with Crippen molar-refractivity contribution in [3.63, 3.8) is 0 Å². The zero-order chi connectivity index (χ0) is 16.9.